The summed E-state index contributed by atoms with van der Waals surface area (Å²) in [7, 11) is 3.21. The molecule has 0 saturated carbocycles. The van der Waals surface area contributed by atoms with Crippen LogP contribution in [0.25, 0.3) is 16.9 Å². The Kier molecular flexibility index (Phi) is 7.56. The van der Waals surface area contributed by atoms with E-state index in [9.17, 15) is 9.59 Å². The van der Waals surface area contributed by atoms with Crippen molar-refractivity contribution >= 4 is 11.7 Å². The Hall–Kier alpha value is -3.58. The Bertz CT molecular complexity index is 1210. The first-order chi connectivity index (χ1) is 16.9. The predicted octanol–water partition coefficient (Wildman–Crippen LogP) is 4.46. The van der Waals surface area contributed by atoms with Gasteiger partial charge in [0.1, 0.15) is 0 Å². The number of amides is 1. The number of ketones is 1. The number of hydrogen-bond acceptors (Lipinski definition) is 5. The normalized spacial score (nSPS) is 13.5. The molecule has 7 heteroatoms. The number of hydrogen-bond donors (Lipinski definition) is 0. The van der Waals surface area contributed by atoms with Gasteiger partial charge >= 0.3 is 0 Å². The highest BCUT2D eigenvalue weighted by atomic mass is 16.5. The van der Waals surface area contributed by atoms with Crippen molar-refractivity contribution < 1.29 is 23.8 Å². The summed E-state index contributed by atoms with van der Waals surface area (Å²) in [5.74, 6) is 1.26. The maximum atomic E-state index is 12.7. The number of carbonyl (C=O) groups excluding carboxylic acids is 2. The van der Waals surface area contributed by atoms with Gasteiger partial charge in [0, 0.05) is 30.8 Å². The van der Waals surface area contributed by atoms with Crippen molar-refractivity contribution in [3.63, 3.8) is 0 Å². The average Bonchev–Trinajstić information content (AvgIpc) is 3.24. The summed E-state index contributed by atoms with van der Waals surface area (Å²) in [6, 6.07) is 15.7. The molecule has 2 aromatic carbocycles. The summed E-state index contributed by atoms with van der Waals surface area (Å²) in [6.07, 6.45) is 0.952. The van der Waals surface area contributed by atoms with Crippen molar-refractivity contribution in [3.05, 3.63) is 65.4 Å². The molecule has 35 heavy (non-hydrogen) atoms. The summed E-state index contributed by atoms with van der Waals surface area (Å²) in [5, 5.41) is 0. The molecule has 1 aromatic heterocycles. The molecule has 1 aliphatic rings. The van der Waals surface area contributed by atoms with Crippen LogP contribution in [0.4, 0.5) is 0 Å². The van der Waals surface area contributed by atoms with Crippen molar-refractivity contribution in [3.8, 4) is 28.4 Å². The van der Waals surface area contributed by atoms with E-state index in [0.717, 1.165) is 28.2 Å². The van der Waals surface area contributed by atoms with Gasteiger partial charge in [-0.2, -0.15) is 0 Å². The molecule has 0 bridgehead atoms. The summed E-state index contributed by atoms with van der Waals surface area (Å²) >= 11 is 0. The zero-order chi connectivity index (χ0) is 24.9. The van der Waals surface area contributed by atoms with E-state index < -0.39 is 0 Å². The first kappa shape index (κ1) is 24.5. The van der Waals surface area contributed by atoms with Crippen LogP contribution in [-0.4, -0.2) is 61.7 Å². The number of ether oxygens (including phenoxy) is 3. The number of methoxy groups -OCH3 is 2. The molecule has 1 saturated heterocycles. The first-order valence-corrected chi connectivity index (χ1v) is 11.8. The molecular weight excluding hydrogens is 444 g/mol. The molecule has 4 rings (SSSR count). The van der Waals surface area contributed by atoms with Crippen molar-refractivity contribution in [1.29, 1.82) is 0 Å². The summed E-state index contributed by atoms with van der Waals surface area (Å²) in [4.78, 5) is 27.2. The lowest BCUT2D eigenvalue weighted by Gasteiger charge is -2.27. The minimum absolute atomic E-state index is 0.0103. The highest BCUT2D eigenvalue weighted by Crippen LogP contribution is 2.40. The number of benzene rings is 2. The average molecular weight is 477 g/mol. The number of Topliss-reactive ketones (excluding diaryl/α,β-unsaturated/α-hetero) is 1. The van der Waals surface area contributed by atoms with Gasteiger partial charge in [-0.3, -0.25) is 9.59 Å². The van der Waals surface area contributed by atoms with E-state index in [-0.39, 0.29) is 11.7 Å². The second-order valence-electron chi connectivity index (χ2n) is 8.65. The highest BCUT2D eigenvalue weighted by Gasteiger charge is 2.24. The number of carbonyl (C=O) groups is 2. The lowest BCUT2D eigenvalue weighted by molar-refractivity contribution is -0.135. The Labute approximate surface area is 206 Å². The summed E-state index contributed by atoms with van der Waals surface area (Å²) < 4.78 is 18.9. The van der Waals surface area contributed by atoms with Crippen LogP contribution in [0.5, 0.6) is 11.5 Å². The molecule has 1 amide bonds. The predicted molar refractivity (Wildman–Crippen MR) is 135 cm³/mol. The molecule has 3 aromatic rings. The number of morpholine rings is 1. The SMILES string of the molecule is COc1cc(CCC(=O)N2CCOCC2)cc(-n2c(C)cc(C(C)=O)c2-c2ccccc2)c1OC. The van der Waals surface area contributed by atoms with Crippen LogP contribution in [0.2, 0.25) is 0 Å². The number of rotatable bonds is 8. The Morgan fingerprint density at radius 1 is 1.00 bits per heavy atom. The Balaban J connectivity index is 1.79. The Morgan fingerprint density at radius 3 is 2.34 bits per heavy atom. The highest BCUT2D eigenvalue weighted by molar-refractivity contribution is 6.01. The second kappa shape index (κ2) is 10.8. The van der Waals surface area contributed by atoms with E-state index in [4.69, 9.17) is 14.2 Å². The van der Waals surface area contributed by atoms with Crippen LogP contribution in [0.15, 0.2) is 48.5 Å². The lowest BCUT2D eigenvalue weighted by Crippen LogP contribution is -2.40. The van der Waals surface area contributed by atoms with Crippen LogP contribution >= 0.6 is 0 Å². The molecule has 184 valence electrons. The largest absolute Gasteiger partial charge is 0.493 e. The van der Waals surface area contributed by atoms with Crippen LogP contribution in [0.1, 0.15) is 35.0 Å². The molecule has 0 radical (unpaired) electrons. The van der Waals surface area contributed by atoms with E-state index >= 15 is 0 Å². The van der Waals surface area contributed by atoms with Crippen LogP contribution in [-0.2, 0) is 16.0 Å². The minimum Gasteiger partial charge on any atom is -0.493 e. The van der Waals surface area contributed by atoms with Crippen molar-refractivity contribution in [2.24, 2.45) is 0 Å². The monoisotopic (exact) mass is 476 g/mol. The fourth-order valence-corrected chi connectivity index (χ4v) is 4.63. The quantitative estimate of drug-likeness (QED) is 0.449. The van der Waals surface area contributed by atoms with E-state index in [1.54, 1.807) is 21.1 Å². The maximum Gasteiger partial charge on any atom is 0.223 e. The molecule has 7 nitrogen and oxygen atoms in total. The fraction of sp³-hybridized carbons (Fsp3) is 0.357. The van der Waals surface area contributed by atoms with Gasteiger partial charge in [-0.05, 0) is 49.6 Å². The van der Waals surface area contributed by atoms with Crippen LogP contribution < -0.4 is 9.47 Å². The van der Waals surface area contributed by atoms with Gasteiger partial charge < -0.3 is 23.7 Å². The van der Waals surface area contributed by atoms with Gasteiger partial charge in [0.05, 0.1) is 38.8 Å². The van der Waals surface area contributed by atoms with E-state index in [2.05, 4.69) is 0 Å². The van der Waals surface area contributed by atoms with Crippen molar-refractivity contribution in [2.45, 2.75) is 26.7 Å². The molecular formula is C28H32N2O5. The van der Waals surface area contributed by atoms with E-state index in [0.29, 0.717) is 56.2 Å². The maximum absolute atomic E-state index is 12.7. The molecule has 0 aliphatic carbocycles. The number of aryl methyl sites for hydroxylation is 2. The fourth-order valence-electron chi connectivity index (χ4n) is 4.63. The topological polar surface area (TPSA) is 70.0 Å². The molecule has 2 heterocycles. The lowest BCUT2D eigenvalue weighted by atomic mass is 10.0. The van der Waals surface area contributed by atoms with Gasteiger partial charge in [0.25, 0.3) is 0 Å². The molecule has 0 N–H and O–H groups in total. The van der Waals surface area contributed by atoms with Gasteiger partial charge in [-0.1, -0.05) is 30.3 Å². The third kappa shape index (κ3) is 5.10. The third-order valence-electron chi connectivity index (χ3n) is 6.36. The van der Waals surface area contributed by atoms with E-state index in [1.165, 1.54) is 0 Å². The molecule has 0 spiro atoms. The zero-order valence-corrected chi connectivity index (χ0v) is 20.8. The zero-order valence-electron chi connectivity index (χ0n) is 20.8. The van der Waals surface area contributed by atoms with Gasteiger partial charge in [-0.15, -0.1) is 0 Å². The molecule has 1 aliphatic heterocycles. The van der Waals surface area contributed by atoms with Crippen LogP contribution in [0, 0.1) is 6.92 Å². The first-order valence-electron chi connectivity index (χ1n) is 11.8. The standard InChI is InChI=1S/C28H32N2O5/c1-19-16-23(20(2)31)27(22-8-6-5-7-9-22)30(19)24-17-21(18-25(33-3)28(24)34-4)10-11-26(32)29-12-14-35-15-13-29/h5-9,16-18H,10-15H2,1-4H3. The van der Waals surface area contributed by atoms with Gasteiger partial charge in [0.2, 0.25) is 5.91 Å². The number of nitrogens with zero attached hydrogens (tertiary/aromatic N) is 2. The second-order valence-corrected chi connectivity index (χ2v) is 8.65. The summed E-state index contributed by atoms with van der Waals surface area (Å²) in [6.45, 7) is 5.98. The van der Waals surface area contributed by atoms with Crippen molar-refractivity contribution in [1.82, 2.24) is 9.47 Å². The number of aromatic nitrogens is 1. The molecule has 0 unspecified atom stereocenters. The molecule has 0 atom stereocenters. The van der Waals surface area contributed by atoms with Gasteiger partial charge in [0.15, 0.2) is 17.3 Å². The minimum atomic E-state index is -0.0103. The molecule has 1 fully saturated rings. The summed E-state index contributed by atoms with van der Waals surface area (Å²) in [5.41, 5.74) is 5.00. The van der Waals surface area contributed by atoms with E-state index in [1.807, 2.05) is 64.9 Å². The van der Waals surface area contributed by atoms with Crippen molar-refractivity contribution in [2.75, 3.05) is 40.5 Å². The smallest absolute Gasteiger partial charge is 0.223 e. The van der Waals surface area contributed by atoms with Gasteiger partial charge in [-0.25, -0.2) is 0 Å². The third-order valence-corrected chi connectivity index (χ3v) is 6.36. The Morgan fingerprint density at radius 2 is 1.71 bits per heavy atom. The van der Waals surface area contributed by atoms with Crippen LogP contribution in [0.3, 0.4) is 0 Å².